The SMILES string of the molecule is C[C@@H]1C[C@H](Cc2ccccc2F)CN(c2c(Cl)cc(/C=C/C(=O)O)cc2Cl)C1=O. The third-order valence-electron chi connectivity index (χ3n) is 5.01. The van der Waals surface area contributed by atoms with E-state index in [4.69, 9.17) is 28.3 Å². The van der Waals surface area contributed by atoms with Crippen LogP contribution >= 0.6 is 23.2 Å². The molecule has 29 heavy (non-hydrogen) atoms. The minimum absolute atomic E-state index is 0.0540. The molecule has 0 unspecified atom stereocenters. The van der Waals surface area contributed by atoms with Crippen LogP contribution in [0.4, 0.5) is 10.1 Å². The van der Waals surface area contributed by atoms with Crippen LogP contribution in [0.25, 0.3) is 6.08 Å². The highest BCUT2D eigenvalue weighted by Gasteiger charge is 2.34. The lowest BCUT2D eigenvalue weighted by Gasteiger charge is -2.37. The quantitative estimate of drug-likeness (QED) is 0.634. The Morgan fingerprint density at radius 1 is 1.28 bits per heavy atom. The highest BCUT2D eigenvalue weighted by molar-refractivity contribution is 6.40. The molecule has 1 aliphatic rings. The normalized spacial score (nSPS) is 19.7. The molecule has 3 rings (SSSR count). The number of carboxylic acids is 1. The van der Waals surface area contributed by atoms with Crippen molar-refractivity contribution in [3.05, 3.63) is 69.5 Å². The summed E-state index contributed by atoms with van der Waals surface area (Å²) in [4.78, 5) is 25.1. The number of carbonyl (C=O) groups excluding carboxylic acids is 1. The number of hydrogen-bond donors (Lipinski definition) is 1. The van der Waals surface area contributed by atoms with E-state index in [0.717, 1.165) is 6.08 Å². The van der Waals surface area contributed by atoms with Crippen molar-refractivity contribution < 1.29 is 19.1 Å². The molecule has 0 aliphatic carbocycles. The maximum atomic E-state index is 14.1. The molecule has 1 heterocycles. The zero-order chi connectivity index (χ0) is 21.1. The lowest BCUT2D eigenvalue weighted by molar-refractivity contribution is -0.131. The van der Waals surface area contributed by atoms with Gasteiger partial charge < -0.3 is 10.0 Å². The molecule has 2 aromatic carbocycles. The Labute approximate surface area is 178 Å². The van der Waals surface area contributed by atoms with Gasteiger partial charge in [0, 0.05) is 18.5 Å². The monoisotopic (exact) mass is 435 g/mol. The van der Waals surface area contributed by atoms with Crippen LogP contribution in [0, 0.1) is 17.7 Å². The van der Waals surface area contributed by atoms with Crippen molar-refractivity contribution in [1.82, 2.24) is 0 Å². The van der Waals surface area contributed by atoms with Gasteiger partial charge in [-0.15, -0.1) is 0 Å². The molecule has 4 nitrogen and oxygen atoms in total. The van der Waals surface area contributed by atoms with Gasteiger partial charge in [0.1, 0.15) is 5.82 Å². The standard InChI is InChI=1S/C22H20Cl2FNO3/c1-13-8-15(9-16-4-2-3-5-19(16)25)12-26(22(13)29)21-17(23)10-14(11-18(21)24)6-7-20(27)28/h2-7,10-11,13,15H,8-9,12H2,1H3,(H,27,28)/b7-6+/t13-,15-/m1/s1. The molecule has 1 amide bonds. The molecular formula is C22H20Cl2FNO3. The summed E-state index contributed by atoms with van der Waals surface area (Å²) in [6.07, 6.45) is 3.53. The molecule has 0 aromatic heterocycles. The second-order valence-electron chi connectivity index (χ2n) is 7.25. The molecule has 1 fully saturated rings. The highest BCUT2D eigenvalue weighted by Crippen LogP contribution is 2.39. The Bertz CT molecular complexity index is 953. The number of anilines is 1. The summed E-state index contributed by atoms with van der Waals surface area (Å²) >= 11 is 12.8. The summed E-state index contributed by atoms with van der Waals surface area (Å²) in [6, 6.07) is 9.77. The Balaban J connectivity index is 1.89. The van der Waals surface area contributed by atoms with Crippen molar-refractivity contribution in [2.75, 3.05) is 11.4 Å². The van der Waals surface area contributed by atoms with Gasteiger partial charge in [0.15, 0.2) is 0 Å². The van der Waals surface area contributed by atoms with Crippen molar-refractivity contribution >= 4 is 46.8 Å². The second kappa shape index (κ2) is 8.97. The van der Waals surface area contributed by atoms with Crippen molar-refractivity contribution in [2.45, 2.75) is 19.8 Å². The molecule has 2 aromatic rings. The molecule has 0 saturated carbocycles. The largest absolute Gasteiger partial charge is 0.478 e. The van der Waals surface area contributed by atoms with Gasteiger partial charge in [-0.1, -0.05) is 48.3 Å². The van der Waals surface area contributed by atoms with Gasteiger partial charge in [0.05, 0.1) is 15.7 Å². The van der Waals surface area contributed by atoms with Crippen LogP contribution < -0.4 is 4.90 Å². The van der Waals surface area contributed by atoms with E-state index < -0.39 is 5.97 Å². The number of carbonyl (C=O) groups is 2. The van der Waals surface area contributed by atoms with Gasteiger partial charge in [-0.3, -0.25) is 4.79 Å². The van der Waals surface area contributed by atoms with Gasteiger partial charge in [0.25, 0.3) is 0 Å². The minimum Gasteiger partial charge on any atom is -0.478 e. The summed E-state index contributed by atoms with van der Waals surface area (Å²) in [7, 11) is 0. The Kier molecular flexibility index (Phi) is 6.60. The molecule has 1 N–H and O–H groups in total. The van der Waals surface area contributed by atoms with Crippen molar-refractivity contribution in [3.63, 3.8) is 0 Å². The number of benzene rings is 2. The fourth-order valence-electron chi connectivity index (χ4n) is 3.72. The van der Waals surface area contributed by atoms with E-state index in [1.165, 1.54) is 12.1 Å². The van der Waals surface area contributed by atoms with E-state index in [1.54, 1.807) is 35.2 Å². The minimum atomic E-state index is -1.09. The zero-order valence-electron chi connectivity index (χ0n) is 15.7. The number of rotatable bonds is 5. The fraction of sp³-hybridized carbons (Fsp3) is 0.273. The maximum Gasteiger partial charge on any atom is 0.328 e. The molecule has 152 valence electrons. The molecule has 0 radical (unpaired) electrons. The number of aliphatic carboxylic acids is 1. The van der Waals surface area contributed by atoms with E-state index in [1.807, 2.05) is 6.92 Å². The van der Waals surface area contributed by atoms with Crippen LogP contribution in [0.3, 0.4) is 0 Å². The molecule has 1 aliphatic heterocycles. The second-order valence-corrected chi connectivity index (χ2v) is 8.07. The summed E-state index contributed by atoms with van der Waals surface area (Å²) in [5.41, 5.74) is 1.54. The summed E-state index contributed by atoms with van der Waals surface area (Å²) in [6.45, 7) is 2.22. The molecule has 0 bridgehead atoms. The van der Waals surface area contributed by atoms with E-state index in [9.17, 15) is 14.0 Å². The Hall–Kier alpha value is -2.37. The molecule has 2 atom stereocenters. The first-order valence-corrected chi connectivity index (χ1v) is 9.96. The maximum absolute atomic E-state index is 14.1. The van der Waals surface area contributed by atoms with Crippen molar-refractivity contribution in [1.29, 1.82) is 0 Å². The predicted octanol–water partition coefficient (Wildman–Crippen LogP) is 5.46. The number of carboxylic acid groups (broad SMARTS) is 1. The predicted molar refractivity (Wildman–Crippen MR) is 113 cm³/mol. The highest BCUT2D eigenvalue weighted by atomic mass is 35.5. The first-order valence-electron chi connectivity index (χ1n) is 9.21. The van der Waals surface area contributed by atoms with Crippen LogP contribution in [0.2, 0.25) is 10.0 Å². The average molecular weight is 436 g/mol. The van der Waals surface area contributed by atoms with Crippen LogP contribution in [0.5, 0.6) is 0 Å². The lowest BCUT2D eigenvalue weighted by Crippen LogP contribution is -2.45. The van der Waals surface area contributed by atoms with Crippen LogP contribution in [0.15, 0.2) is 42.5 Å². The Morgan fingerprint density at radius 3 is 2.55 bits per heavy atom. The first kappa shape index (κ1) is 21.3. The van der Waals surface area contributed by atoms with Gasteiger partial charge in [-0.2, -0.15) is 0 Å². The summed E-state index contributed by atoms with van der Waals surface area (Å²) in [5, 5.41) is 9.29. The van der Waals surface area contributed by atoms with E-state index in [0.29, 0.717) is 36.2 Å². The Morgan fingerprint density at radius 2 is 1.93 bits per heavy atom. The fourth-order valence-corrected chi connectivity index (χ4v) is 4.43. The lowest BCUT2D eigenvalue weighted by atomic mass is 9.85. The average Bonchev–Trinajstić information content (AvgIpc) is 2.65. The topological polar surface area (TPSA) is 57.6 Å². The molecule has 7 heteroatoms. The summed E-state index contributed by atoms with van der Waals surface area (Å²) < 4.78 is 14.1. The van der Waals surface area contributed by atoms with E-state index in [-0.39, 0.29) is 33.6 Å². The van der Waals surface area contributed by atoms with E-state index in [2.05, 4.69) is 0 Å². The van der Waals surface area contributed by atoms with Gasteiger partial charge >= 0.3 is 5.97 Å². The van der Waals surface area contributed by atoms with Gasteiger partial charge in [-0.25, -0.2) is 9.18 Å². The van der Waals surface area contributed by atoms with Crippen LogP contribution in [-0.4, -0.2) is 23.5 Å². The van der Waals surface area contributed by atoms with Gasteiger partial charge in [0.2, 0.25) is 5.91 Å². The molecule has 0 spiro atoms. The molecule has 1 saturated heterocycles. The smallest absolute Gasteiger partial charge is 0.328 e. The first-order chi connectivity index (χ1) is 13.8. The third-order valence-corrected chi connectivity index (χ3v) is 5.59. The van der Waals surface area contributed by atoms with E-state index >= 15 is 0 Å². The van der Waals surface area contributed by atoms with Crippen molar-refractivity contribution in [3.8, 4) is 0 Å². The van der Waals surface area contributed by atoms with Crippen LogP contribution in [-0.2, 0) is 16.0 Å². The number of piperidine rings is 1. The zero-order valence-corrected chi connectivity index (χ0v) is 17.3. The van der Waals surface area contributed by atoms with Crippen LogP contribution in [0.1, 0.15) is 24.5 Å². The van der Waals surface area contributed by atoms with Crippen molar-refractivity contribution in [2.24, 2.45) is 11.8 Å². The summed E-state index contributed by atoms with van der Waals surface area (Å²) in [5.74, 6) is -1.63. The third kappa shape index (κ3) is 4.98. The number of halogens is 3. The number of hydrogen-bond acceptors (Lipinski definition) is 2. The number of amides is 1. The van der Waals surface area contributed by atoms with Gasteiger partial charge in [-0.05, 0) is 54.2 Å². The number of nitrogens with zero attached hydrogens (tertiary/aromatic N) is 1. The molecular weight excluding hydrogens is 416 g/mol.